The van der Waals surface area contributed by atoms with Gasteiger partial charge in [0.2, 0.25) is 0 Å². The summed E-state index contributed by atoms with van der Waals surface area (Å²) in [4.78, 5) is 0. The average Bonchev–Trinajstić information content (AvgIpc) is 3.51. The highest BCUT2D eigenvalue weighted by Gasteiger charge is 2.19. The lowest BCUT2D eigenvalue weighted by molar-refractivity contribution is 1.67. The molecule has 0 bridgehead atoms. The Hall–Kier alpha value is -3.98. The lowest BCUT2D eigenvalue weighted by Gasteiger charge is -2.17. The molecule has 36 heavy (non-hydrogen) atoms. The standard InChI is InChI=1S/C34H20S2/c1-2-10-21(11-3-1)33-23-13-4-6-15-25(23)34(26-16-7-5-14-24(26)33)29-20-35-31-19-32-27(18-28(29)31)22-12-8-9-17-30(22)36-32/h1-20H. The predicted molar refractivity (Wildman–Crippen MR) is 161 cm³/mol. The van der Waals surface area contributed by atoms with E-state index in [1.54, 1.807) is 0 Å². The van der Waals surface area contributed by atoms with Gasteiger partial charge in [-0.1, -0.05) is 97.1 Å². The Morgan fingerprint density at radius 1 is 0.389 bits per heavy atom. The summed E-state index contributed by atoms with van der Waals surface area (Å²) in [5.74, 6) is 0. The van der Waals surface area contributed by atoms with Crippen molar-refractivity contribution in [3.8, 4) is 22.3 Å². The lowest BCUT2D eigenvalue weighted by Crippen LogP contribution is -1.90. The van der Waals surface area contributed by atoms with E-state index in [-0.39, 0.29) is 0 Å². The van der Waals surface area contributed by atoms with E-state index in [1.165, 1.54) is 74.1 Å². The van der Waals surface area contributed by atoms with Crippen LogP contribution in [0.2, 0.25) is 0 Å². The summed E-state index contributed by atoms with van der Waals surface area (Å²) in [6.07, 6.45) is 0. The minimum Gasteiger partial charge on any atom is -0.143 e. The molecule has 0 amide bonds. The zero-order valence-corrected chi connectivity index (χ0v) is 21.0. The number of rotatable bonds is 2. The van der Waals surface area contributed by atoms with Crippen molar-refractivity contribution in [1.82, 2.24) is 0 Å². The van der Waals surface area contributed by atoms with Crippen molar-refractivity contribution in [2.24, 2.45) is 0 Å². The van der Waals surface area contributed by atoms with E-state index in [9.17, 15) is 0 Å². The van der Waals surface area contributed by atoms with Crippen molar-refractivity contribution in [3.05, 3.63) is 121 Å². The van der Waals surface area contributed by atoms with Gasteiger partial charge < -0.3 is 0 Å². The summed E-state index contributed by atoms with van der Waals surface area (Å²) >= 11 is 3.75. The van der Waals surface area contributed by atoms with E-state index in [4.69, 9.17) is 0 Å². The Bertz CT molecular complexity index is 2030. The van der Waals surface area contributed by atoms with Gasteiger partial charge in [0.1, 0.15) is 0 Å². The molecule has 2 heterocycles. The van der Waals surface area contributed by atoms with E-state index < -0.39 is 0 Å². The molecule has 8 rings (SSSR count). The van der Waals surface area contributed by atoms with Crippen LogP contribution < -0.4 is 0 Å². The van der Waals surface area contributed by atoms with Crippen LogP contribution in [0.4, 0.5) is 0 Å². The highest BCUT2D eigenvalue weighted by Crippen LogP contribution is 2.48. The van der Waals surface area contributed by atoms with E-state index in [0.717, 1.165) is 0 Å². The van der Waals surface area contributed by atoms with Crippen molar-refractivity contribution < 1.29 is 0 Å². The molecule has 0 aliphatic carbocycles. The van der Waals surface area contributed by atoms with Gasteiger partial charge >= 0.3 is 0 Å². The molecular weight excluding hydrogens is 473 g/mol. The van der Waals surface area contributed by atoms with Crippen LogP contribution in [-0.2, 0) is 0 Å². The molecular formula is C34H20S2. The van der Waals surface area contributed by atoms with Crippen LogP contribution in [0.1, 0.15) is 0 Å². The zero-order valence-electron chi connectivity index (χ0n) is 19.4. The highest BCUT2D eigenvalue weighted by molar-refractivity contribution is 7.26. The van der Waals surface area contributed by atoms with Crippen LogP contribution >= 0.6 is 22.7 Å². The molecule has 168 valence electrons. The molecule has 2 heteroatoms. The maximum Gasteiger partial charge on any atom is 0.0369 e. The molecule has 0 atom stereocenters. The Balaban J connectivity index is 1.53. The van der Waals surface area contributed by atoms with Gasteiger partial charge in [0, 0.05) is 35.8 Å². The first-order chi connectivity index (χ1) is 17.9. The smallest absolute Gasteiger partial charge is 0.0369 e. The zero-order chi connectivity index (χ0) is 23.6. The quantitative estimate of drug-likeness (QED) is 0.211. The molecule has 0 unspecified atom stereocenters. The van der Waals surface area contributed by atoms with Gasteiger partial charge in [-0.25, -0.2) is 0 Å². The Morgan fingerprint density at radius 2 is 0.972 bits per heavy atom. The van der Waals surface area contributed by atoms with Crippen LogP contribution in [0.3, 0.4) is 0 Å². The van der Waals surface area contributed by atoms with Crippen molar-refractivity contribution >= 4 is 74.5 Å². The van der Waals surface area contributed by atoms with Gasteiger partial charge in [-0.3, -0.25) is 0 Å². The normalized spacial score (nSPS) is 11.9. The Labute approximate surface area is 216 Å². The number of thiophene rings is 2. The van der Waals surface area contributed by atoms with Crippen LogP contribution in [-0.4, -0.2) is 0 Å². The molecule has 8 aromatic rings. The van der Waals surface area contributed by atoms with E-state index >= 15 is 0 Å². The molecule has 0 aliphatic heterocycles. The number of hydrogen-bond donors (Lipinski definition) is 0. The minimum atomic E-state index is 1.26. The van der Waals surface area contributed by atoms with Crippen molar-refractivity contribution in [2.45, 2.75) is 0 Å². The molecule has 0 aliphatic rings. The summed E-state index contributed by atoms with van der Waals surface area (Å²) in [6.45, 7) is 0. The van der Waals surface area contributed by atoms with E-state index in [2.05, 4.69) is 121 Å². The summed E-state index contributed by atoms with van der Waals surface area (Å²) in [7, 11) is 0. The van der Waals surface area contributed by atoms with Crippen LogP contribution in [0.5, 0.6) is 0 Å². The molecule has 0 fully saturated rings. The molecule has 0 spiro atoms. The molecule has 6 aromatic carbocycles. The van der Waals surface area contributed by atoms with Crippen LogP contribution in [0.25, 0.3) is 74.1 Å². The van der Waals surface area contributed by atoms with Gasteiger partial charge in [-0.15, -0.1) is 22.7 Å². The van der Waals surface area contributed by atoms with Gasteiger partial charge in [0.25, 0.3) is 0 Å². The topological polar surface area (TPSA) is 0 Å². The van der Waals surface area contributed by atoms with Gasteiger partial charge in [-0.2, -0.15) is 0 Å². The number of fused-ring (bicyclic) bond motifs is 6. The maximum atomic E-state index is 2.43. The summed E-state index contributed by atoms with van der Waals surface area (Å²) in [6, 6.07) is 42.3. The second-order valence-electron chi connectivity index (χ2n) is 9.30. The summed E-state index contributed by atoms with van der Waals surface area (Å²) in [5, 5.41) is 11.7. The third-order valence-corrected chi connectivity index (χ3v) is 9.41. The molecule has 2 aromatic heterocycles. The summed E-state index contributed by atoms with van der Waals surface area (Å²) < 4.78 is 4.07. The Kier molecular flexibility index (Phi) is 4.36. The lowest BCUT2D eigenvalue weighted by atomic mass is 9.86. The van der Waals surface area contributed by atoms with Gasteiger partial charge in [0.15, 0.2) is 0 Å². The van der Waals surface area contributed by atoms with Crippen molar-refractivity contribution in [2.75, 3.05) is 0 Å². The van der Waals surface area contributed by atoms with E-state index in [1.807, 2.05) is 22.7 Å². The monoisotopic (exact) mass is 492 g/mol. The summed E-state index contributed by atoms with van der Waals surface area (Å²) in [5.41, 5.74) is 5.25. The fourth-order valence-electron chi connectivity index (χ4n) is 5.77. The van der Waals surface area contributed by atoms with Crippen molar-refractivity contribution in [1.29, 1.82) is 0 Å². The first-order valence-corrected chi connectivity index (χ1v) is 13.9. The largest absolute Gasteiger partial charge is 0.143 e. The fourth-order valence-corrected chi connectivity index (χ4v) is 7.95. The third-order valence-electron chi connectivity index (χ3n) is 7.34. The van der Waals surface area contributed by atoms with Crippen LogP contribution in [0, 0.1) is 0 Å². The molecule has 0 saturated carbocycles. The highest BCUT2D eigenvalue weighted by atomic mass is 32.1. The second kappa shape index (κ2) is 7.76. The van der Waals surface area contributed by atoms with E-state index in [0.29, 0.717) is 0 Å². The molecule has 0 N–H and O–H groups in total. The number of benzene rings is 6. The van der Waals surface area contributed by atoms with Crippen LogP contribution in [0.15, 0.2) is 121 Å². The SMILES string of the molecule is c1ccc(-c2c3ccccc3c(-c3csc4cc5sc6ccccc6c5cc34)c3ccccc23)cc1. The first kappa shape index (κ1) is 20.2. The van der Waals surface area contributed by atoms with Gasteiger partial charge in [-0.05, 0) is 61.8 Å². The fraction of sp³-hybridized carbons (Fsp3) is 0. The Morgan fingerprint density at radius 3 is 1.67 bits per heavy atom. The van der Waals surface area contributed by atoms with Gasteiger partial charge in [0.05, 0.1) is 0 Å². The second-order valence-corrected chi connectivity index (χ2v) is 11.3. The maximum absolute atomic E-state index is 2.43. The predicted octanol–water partition coefficient (Wildman–Crippen LogP) is 10.9. The minimum absolute atomic E-state index is 1.26. The molecule has 0 nitrogen and oxygen atoms in total. The molecule has 0 radical (unpaired) electrons. The average molecular weight is 493 g/mol. The first-order valence-electron chi connectivity index (χ1n) is 12.2. The third kappa shape index (κ3) is 2.86. The van der Waals surface area contributed by atoms with Crippen molar-refractivity contribution in [3.63, 3.8) is 0 Å². The number of hydrogen-bond acceptors (Lipinski definition) is 2. The molecule has 0 saturated heterocycles.